The molecule has 0 atom stereocenters. The predicted molar refractivity (Wildman–Crippen MR) is 96.2 cm³/mol. The molecular formula is C20H36O2. The summed E-state index contributed by atoms with van der Waals surface area (Å²) in [4.78, 5) is 10.3. The molecule has 0 aromatic heterocycles. The van der Waals surface area contributed by atoms with Crippen molar-refractivity contribution in [2.45, 2.75) is 96.8 Å². The number of carboxylic acid groups (broad SMARTS) is 1. The van der Waals surface area contributed by atoms with Crippen molar-refractivity contribution < 1.29 is 9.90 Å². The molecule has 0 saturated carbocycles. The zero-order valence-electron chi connectivity index (χ0n) is 14.6. The smallest absolute Gasteiger partial charge is 0.327 e. The predicted octanol–water partition coefficient (Wildman–Crippen LogP) is 6.66. The molecule has 0 spiro atoms. The monoisotopic (exact) mass is 308 g/mol. The van der Waals surface area contributed by atoms with E-state index in [-0.39, 0.29) is 0 Å². The zero-order chi connectivity index (χ0) is 16.3. The van der Waals surface area contributed by atoms with Crippen LogP contribution >= 0.6 is 0 Å². The molecule has 0 radical (unpaired) electrons. The van der Waals surface area contributed by atoms with Crippen LogP contribution in [-0.4, -0.2) is 11.1 Å². The molecule has 0 saturated heterocycles. The fourth-order valence-electron chi connectivity index (χ4n) is 2.52. The van der Waals surface area contributed by atoms with Crippen LogP contribution in [0.5, 0.6) is 0 Å². The number of carbonyl (C=O) groups is 1. The van der Waals surface area contributed by atoms with Gasteiger partial charge in [-0.25, -0.2) is 4.79 Å². The summed E-state index contributed by atoms with van der Waals surface area (Å²) in [6, 6.07) is 0. The number of hydrogen-bond donors (Lipinski definition) is 1. The highest BCUT2D eigenvalue weighted by molar-refractivity contribution is 5.79. The van der Waals surface area contributed by atoms with E-state index >= 15 is 0 Å². The highest BCUT2D eigenvalue weighted by Gasteiger charge is 1.92. The Morgan fingerprint density at radius 3 is 1.68 bits per heavy atom. The van der Waals surface area contributed by atoms with Gasteiger partial charge in [0.05, 0.1) is 0 Å². The fourth-order valence-corrected chi connectivity index (χ4v) is 2.52. The lowest BCUT2D eigenvalue weighted by molar-refractivity contribution is -0.131. The van der Waals surface area contributed by atoms with Crippen molar-refractivity contribution >= 4 is 5.97 Å². The maximum atomic E-state index is 10.3. The quantitative estimate of drug-likeness (QED) is 0.196. The van der Waals surface area contributed by atoms with Crippen molar-refractivity contribution in [3.8, 4) is 0 Å². The molecule has 2 heteroatoms. The summed E-state index contributed by atoms with van der Waals surface area (Å²) < 4.78 is 0. The molecule has 2 nitrogen and oxygen atoms in total. The van der Waals surface area contributed by atoms with Gasteiger partial charge < -0.3 is 5.11 Å². The largest absolute Gasteiger partial charge is 0.478 e. The molecule has 0 aliphatic carbocycles. The Balaban J connectivity index is 3.13. The van der Waals surface area contributed by atoms with Gasteiger partial charge in [-0.05, 0) is 32.1 Å². The van der Waals surface area contributed by atoms with E-state index < -0.39 is 5.97 Å². The van der Waals surface area contributed by atoms with E-state index in [1.165, 1.54) is 76.7 Å². The molecule has 0 amide bonds. The summed E-state index contributed by atoms with van der Waals surface area (Å²) in [5.74, 6) is -0.850. The van der Waals surface area contributed by atoms with Gasteiger partial charge in [0, 0.05) is 6.08 Å². The maximum Gasteiger partial charge on any atom is 0.327 e. The average molecular weight is 309 g/mol. The van der Waals surface area contributed by atoms with Crippen LogP contribution in [0.15, 0.2) is 24.3 Å². The van der Waals surface area contributed by atoms with Gasteiger partial charge in [-0.2, -0.15) is 0 Å². The topological polar surface area (TPSA) is 37.3 Å². The van der Waals surface area contributed by atoms with Crippen LogP contribution in [0, 0.1) is 0 Å². The molecule has 0 rings (SSSR count). The number of unbranched alkanes of at least 4 members (excludes halogenated alkanes) is 12. The van der Waals surface area contributed by atoms with Gasteiger partial charge in [0.15, 0.2) is 0 Å². The Labute approximate surface area is 137 Å². The van der Waals surface area contributed by atoms with Crippen LogP contribution in [-0.2, 0) is 4.79 Å². The van der Waals surface area contributed by atoms with Gasteiger partial charge in [0.25, 0.3) is 0 Å². The molecule has 0 bridgehead atoms. The molecule has 0 aliphatic heterocycles. The molecule has 0 aromatic carbocycles. The summed E-state index contributed by atoms with van der Waals surface area (Å²) in [7, 11) is 0. The summed E-state index contributed by atoms with van der Waals surface area (Å²) in [6.07, 6.45) is 25.6. The van der Waals surface area contributed by atoms with Crippen LogP contribution in [0.4, 0.5) is 0 Å². The first kappa shape index (κ1) is 20.9. The van der Waals surface area contributed by atoms with Crippen molar-refractivity contribution in [3.05, 3.63) is 24.3 Å². The van der Waals surface area contributed by atoms with E-state index in [2.05, 4.69) is 19.1 Å². The SMILES string of the molecule is CCCCCCCCCCCCC=CCCCC=CC(=O)O. The summed E-state index contributed by atoms with van der Waals surface area (Å²) >= 11 is 0. The summed E-state index contributed by atoms with van der Waals surface area (Å²) in [5.41, 5.74) is 0. The zero-order valence-corrected chi connectivity index (χ0v) is 14.6. The second-order valence-corrected chi connectivity index (χ2v) is 6.11. The van der Waals surface area contributed by atoms with Gasteiger partial charge in [-0.1, -0.05) is 82.9 Å². The molecule has 0 fully saturated rings. The Bertz CT molecular complexity index is 292. The van der Waals surface area contributed by atoms with Crippen LogP contribution in [0.25, 0.3) is 0 Å². The highest BCUT2D eigenvalue weighted by Crippen LogP contribution is 2.11. The van der Waals surface area contributed by atoms with Gasteiger partial charge in [-0.3, -0.25) is 0 Å². The van der Waals surface area contributed by atoms with Gasteiger partial charge in [-0.15, -0.1) is 0 Å². The first-order valence-corrected chi connectivity index (χ1v) is 9.31. The molecular weight excluding hydrogens is 272 g/mol. The van der Waals surface area contributed by atoms with E-state index in [1.807, 2.05) is 0 Å². The highest BCUT2D eigenvalue weighted by atomic mass is 16.4. The molecule has 0 aliphatic rings. The second-order valence-electron chi connectivity index (χ2n) is 6.11. The number of hydrogen-bond acceptors (Lipinski definition) is 1. The van der Waals surface area contributed by atoms with E-state index in [9.17, 15) is 4.79 Å². The van der Waals surface area contributed by atoms with Crippen LogP contribution < -0.4 is 0 Å². The van der Waals surface area contributed by atoms with Gasteiger partial charge in [0.2, 0.25) is 0 Å². The number of carboxylic acids is 1. The van der Waals surface area contributed by atoms with Crippen molar-refractivity contribution in [1.29, 1.82) is 0 Å². The van der Waals surface area contributed by atoms with Crippen molar-refractivity contribution in [2.75, 3.05) is 0 Å². The lowest BCUT2D eigenvalue weighted by atomic mass is 10.1. The van der Waals surface area contributed by atoms with E-state index in [4.69, 9.17) is 5.11 Å². The van der Waals surface area contributed by atoms with E-state index in [1.54, 1.807) is 6.08 Å². The van der Waals surface area contributed by atoms with Gasteiger partial charge >= 0.3 is 5.97 Å². The third-order valence-corrected chi connectivity index (χ3v) is 3.89. The standard InChI is InChI=1S/C20H36O2/c1-2-3-4-5-6-7-8-9-10-11-12-13-14-15-16-17-18-19-20(21)22/h13-14,18-19H,2-12,15-17H2,1H3,(H,21,22). The summed E-state index contributed by atoms with van der Waals surface area (Å²) in [6.45, 7) is 2.27. The number of aliphatic carboxylic acids is 1. The molecule has 0 aromatic rings. The lowest BCUT2D eigenvalue weighted by Gasteiger charge is -2.01. The second kappa shape index (κ2) is 18.0. The number of allylic oxidation sites excluding steroid dienone is 3. The van der Waals surface area contributed by atoms with Crippen LogP contribution in [0.3, 0.4) is 0 Å². The van der Waals surface area contributed by atoms with E-state index in [0.29, 0.717) is 0 Å². The Kier molecular flexibility index (Phi) is 17.1. The fraction of sp³-hybridized carbons (Fsp3) is 0.750. The maximum absolute atomic E-state index is 10.3. The molecule has 0 unspecified atom stereocenters. The third-order valence-electron chi connectivity index (χ3n) is 3.89. The average Bonchev–Trinajstić information content (AvgIpc) is 2.50. The number of rotatable bonds is 16. The Hall–Kier alpha value is -1.05. The first-order chi connectivity index (χ1) is 10.8. The molecule has 1 N–H and O–H groups in total. The molecule has 0 heterocycles. The minimum absolute atomic E-state index is 0.850. The van der Waals surface area contributed by atoms with E-state index in [0.717, 1.165) is 19.3 Å². The minimum atomic E-state index is -0.850. The van der Waals surface area contributed by atoms with Crippen molar-refractivity contribution in [2.24, 2.45) is 0 Å². The van der Waals surface area contributed by atoms with Crippen LogP contribution in [0.2, 0.25) is 0 Å². The van der Waals surface area contributed by atoms with Crippen LogP contribution in [0.1, 0.15) is 96.8 Å². The Morgan fingerprint density at radius 2 is 1.14 bits per heavy atom. The van der Waals surface area contributed by atoms with Crippen molar-refractivity contribution in [3.63, 3.8) is 0 Å². The molecule has 22 heavy (non-hydrogen) atoms. The first-order valence-electron chi connectivity index (χ1n) is 9.31. The van der Waals surface area contributed by atoms with Crippen molar-refractivity contribution in [1.82, 2.24) is 0 Å². The normalized spacial score (nSPS) is 11.7. The summed E-state index contributed by atoms with van der Waals surface area (Å²) in [5, 5.41) is 8.44. The third kappa shape index (κ3) is 18.9. The minimum Gasteiger partial charge on any atom is -0.478 e. The Morgan fingerprint density at radius 1 is 0.682 bits per heavy atom. The molecule has 128 valence electrons. The lowest BCUT2D eigenvalue weighted by Crippen LogP contribution is -1.85. The van der Waals surface area contributed by atoms with Gasteiger partial charge in [0.1, 0.15) is 0 Å².